The first-order valence-electron chi connectivity index (χ1n) is 13.6. The van der Waals surface area contributed by atoms with Crippen LogP contribution in [-0.4, -0.2) is 24.5 Å². The van der Waals surface area contributed by atoms with Gasteiger partial charge >= 0.3 is 0 Å². The molecule has 0 unspecified atom stereocenters. The number of ketones is 3. The highest BCUT2D eigenvalue weighted by molar-refractivity contribution is 6.29. The van der Waals surface area contributed by atoms with Crippen LogP contribution in [0.1, 0.15) is 91.4 Å². The lowest BCUT2D eigenvalue weighted by atomic mass is 9.39. The number of methoxy groups -OCH3 is 1. The summed E-state index contributed by atoms with van der Waals surface area (Å²) >= 11 is 0. The van der Waals surface area contributed by atoms with E-state index in [0.717, 1.165) is 11.1 Å². The average Bonchev–Trinajstić information content (AvgIpc) is 2.85. The van der Waals surface area contributed by atoms with Gasteiger partial charge in [-0.15, -0.1) is 0 Å². The number of carbonyl (C=O) groups is 3. The molecule has 0 amide bonds. The molecule has 1 aromatic carbocycles. The molecule has 0 saturated heterocycles. The molecule has 0 heterocycles. The third-order valence-corrected chi connectivity index (χ3v) is 8.74. The monoisotopic (exact) mass is 516 g/mol. The molecule has 0 radical (unpaired) electrons. The van der Waals surface area contributed by atoms with E-state index in [1.807, 2.05) is 58.0 Å². The Morgan fingerprint density at radius 1 is 0.921 bits per heavy atom. The van der Waals surface area contributed by atoms with Gasteiger partial charge in [0.15, 0.2) is 22.8 Å². The molecule has 2 aliphatic carbocycles. The standard InChI is InChI=1S/C34H44O4/c1-22(2)15-17-26-21-33(28(35)25-13-11-10-12-14-25)30(38-9)27(18-16-23(3)4)29(36)34(31(33)37,32(26,7)8)20-19-24(5)6/h10-16,19,26H,17-18,20-21H2,1-9H3/t26-,33+,34+/m0/s1. The lowest BCUT2D eigenvalue weighted by Gasteiger charge is -2.60. The van der Waals surface area contributed by atoms with E-state index in [9.17, 15) is 9.59 Å². The lowest BCUT2D eigenvalue weighted by molar-refractivity contribution is -0.168. The zero-order valence-electron chi connectivity index (χ0n) is 24.7. The average molecular weight is 517 g/mol. The number of fused-ring (bicyclic) bond motifs is 2. The zero-order chi connectivity index (χ0) is 28.5. The highest BCUT2D eigenvalue weighted by Crippen LogP contribution is 2.66. The fourth-order valence-corrected chi connectivity index (χ4v) is 6.42. The second kappa shape index (κ2) is 11.0. The van der Waals surface area contributed by atoms with E-state index in [1.165, 1.54) is 12.7 Å². The van der Waals surface area contributed by atoms with Gasteiger partial charge in [-0.05, 0) is 78.6 Å². The molecule has 3 rings (SSSR count). The molecule has 1 saturated carbocycles. The van der Waals surface area contributed by atoms with E-state index in [0.29, 0.717) is 30.4 Å². The van der Waals surface area contributed by atoms with Crippen LogP contribution in [0.15, 0.2) is 76.6 Å². The minimum Gasteiger partial charge on any atom is -0.499 e. The van der Waals surface area contributed by atoms with E-state index in [4.69, 9.17) is 4.74 Å². The van der Waals surface area contributed by atoms with Crippen LogP contribution in [0.2, 0.25) is 0 Å². The number of carbonyl (C=O) groups excluding carboxylic acids is 3. The number of ether oxygens (including phenoxy) is 1. The molecule has 2 aliphatic rings. The highest BCUT2D eigenvalue weighted by Gasteiger charge is 2.74. The molecule has 3 atom stereocenters. The third-order valence-electron chi connectivity index (χ3n) is 8.74. The van der Waals surface area contributed by atoms with Gasteiger partial charge in [-0.3, -0.25) is 14.4 Å². The summed E-state index contributed by atoms with van der Waals surface area (Å²) in [7, 11) is 1.49. The van der Waals surface area contributed by atoms with Crippen LogP contribution in [-0.2, 0) is 14.3 Å². The van der Waals surface area contributed by atoms with Crippen LogP contribution in [0.3, 0.4) is 0 Å². The number of allylic oxidation sites excluding steroid dienone is 8. The number of hydrogen-bond donors (Lipinski definition) is 0. The molecule has 1 aromatic rings. The first kappa shape index (κ1) is 29.5. The summed E-state index contributed by atoms with van der Waals surface area (Å²) in [5.41, 5.74) is 0.564. The minimum absolute atomic E-state index is 0.0903. The maximum Gasteiger partial charge on any atom is 0.184 e. The summed E-state index contributed by atoms with van der Waals surface area (Å²) in [5.74, 6) is -0.631. The Morgan fingerprint density at radius 2 is 1.50 bits per heavy atom. The normalized spacial score (nSPS) is 26.0. The summed E-state index contributed by atoms with van der Waals surface area (Å²) in [6.45, 7) is 16.1. The van der Waals surface area contributed by atoms with Crippen LogP contribution in [0.5, 0.6) is 0 Å². The molecule has 0 aromatic heterocycles. The predicted molar refractivity (Wildman–Crippen MR) is 154 cm³/mol. The van der Waals surface area contributed by atoms with Crippen molar-refractivity contribution >= 4 is 17.3 Å². The van der Waals surface area contributed by atoms with Crippen LogP contribution in [0.25, 0.3) is 0 Å². The maximum atomic E-state index is 15.0. The molecule has 1 fully saturated rings. The fourth-order valence-electron chi connectivity index (χ4n) is 6.42. The number of rotatable bonds is 9. The van der Waals surface area contributed by atoms with Crippen molar-refractivity contribution in [3.63, 3.8) is 0 Å². The molecular formula is C34H44O4. The van der Waals surface area contributed by atoms with Crippen molar-refractivity contribution in [2.24, 2.45) is 22.2 Å². The molecule has 2 bridgehead atoms. The smallest absolute Gasteiger partial charge is 0.184 e. The number of Topliss-reactive ketones (excluding diaryl/α,β-unsaturated/α-hetero) is 3. The van der Waals surface area contributed by atoms with Gasteiger partial charge in [-0.25, -0.2) is 0 Å². The number of hydrogen-bond acceptors (Lipinski definition) is 4. The van der Waals surface area contributed by atoms with Crippen LogP contribution in [0, 0.1) is 22.2 Å². The van der Waals surface area contributed by atoms with Gasteiger partial charge in [-0.1, -0.05) is 79.1 Å². The van der Waals surface area contributed by atoms with Gasteiger partial charge in [0.1, 0.15) is 11.2 Å². The van der Waals surface area contributed by atoms with Crippen LogP contribution < -0.4 is 0 Å². The minimum atomic E-state index is -1.56. The first-order chi connectivity index (χ1) is 17.8. The Hall–Kier alpha value is -3.01. The van der Waals surface area contributed by atoms with Crippen molar-refractivity contribution in [2.75, 3.05) is 7.11 Å². The van der Waals surface area contributed by atoms with Crippen molar-refractivity contribution in [3.05, 3.63) is 82.2 Å². The summed E-state index contributed by atoms with van der Waals surface area (Å²) in [6, 6.07) is 8.99. The zero-order valence-corrected chi connectivity index (χ0v) is 24.7. The van der Waals surface area contributed by atoms with Gasteiger partial charge in [0, 0.05) is 11.1 Å². The molecular weight excluding hydrogens is 472 g/mol. The predicted octanol–water partition coefficient (Wildman–Crippen LogP) is 8.01. The fraction of sp³-hybridized carbons (Fsp3) is 0.500. The second-order valence-electron chi connectivity index (χ2n) is 12.3. The van der Waals surface area contributed by atoms with Gasteiger partial charge in [0.05, 0.1) is 7.11 Å². The molecule has 38 heavy (non-hydrogen) atoms. The summed E-state index contributed by atoms with van der Waals surface area (Å²) in [6.07, 6.45) is 7.73. The molecule has 4 nitrogen and oxygen atoms in total. The van der Waals surface area contributed by atoms with Crippen molar-refractivity contribution in [2.45, 2.75) is 81.1 Å². The molecule has 204 valence electrons. The van der Waals surface area contributed by atoms with Crippen molar-refractivity contribution < 1.29 is 19.1 Å². The number of benzene rings is 1. The topological polar surface area (TPSA) is 60.4 Å². The van der Waals surface area contributed by atoms with Crippen LogP contribution in [0.4, 0.5) is 0 Å². The molecule has 0 aliphatic heterocycles. The highest BCUT2D eigenvalue weighted by atomic mass is 16.5. The molecule has 0 N–H and O–H groups in total. The second-order valence-corrected chi connectivity index (χ2v) is 12.3. The third kappa shape index (κ3) is 4.67. The van der Waals surface area contributed by atoms with Crippen LogP contribution >= 0.6 is 0 Å². The lowest BCUT2D eigenvalue weighted by Crippen LogP contribution is -2.68. The van der Waals surface area contributed by atoms with Crippen molar-refractivity contribution in [3.8, 4) is 0 Å². The summed E-state index contributed by atoms with van der Waals surface area (Å²) in [4.78, 5) is 44.3. The van der Waals surface area contributed by atoms with Crippen molar-refractivity contribution in [1.29, 1.82) is 0 Å². The first-order valence-corrected chi connectivity index (χ1v) is 13.6. The van der Waals surface area contributed by atoms with E-state index in [-0.39, 0.29) is 35.4 Å². The SMILES string of the molecule is COC1=C(CC=C(C)C)C(=O)[C@]2(CC=C(C)C)C(=O)[C@@]1(C(=O)c1ccccc1)C[C@H](CC=C(C)C)C2(C)C. The summed E-state index contributed by atoms with van der Waals surface area (Å²) in [5, 5.41) is 0. The summed E-state index contributed by atoms with van der Waals surface area (Å²) < 4.78 is 5.98. The maximum absolute atomic E-state index is 15.0. The van der Waals surface area contributed by atoms with Gasteiger partial charge in [0.25, 0.3) is 0 Å². The van der Waals surface area contributed by atoms with E-state index in [2.05, 4.69) is 33.8 Å². The van der Waals surface area contributed by atoms with E-state index in [1.54, 1.807) is 12.1 Å². The van der Waals surface area contributed by atoms with Crippen molar-refractivity contribution in [1.82, 2.24) is 0 Å². The van der Waals surface area contributed by atoms with E-state index < -0.39 is 16.2 Å². The molecule has 0 spiro atoms. The largest absolute Gasteiger partial charge is 0.499 e. The van der Waals surface area contributed by atoms with Gasteiger partial charge < -0.3 is 4.74 Å². The molecule has 4 heteroatoms. The quantitative estimate of drug-likeness (QED) is 0.189. The van der Waals surface area contributed by atoms with Gasteiger partial charge in [-0.2, -0.15) is 0 Å². The Morgan fingerprint density at radius 3 is 2.03 bits per heavy atom. The Bertz CT molecular complexity index is 1230. The Labute approximate surface area is 228 Å². The Balaban J connectivity index is 2.49. The van der Waals surface area contributed by atoms with Gasteiger partial charge in [0.2, 0.25) is 0 Å². The van der Waals surface area contributed by atoms with E-state index >= 15 is 4.79 Å². The Kier molecular flexibility index (Phi) is 8.55.